The normalized spacial score (nSPS) is 13.2. The largest absolute Gasteiger partial charge is 0.508 e. The highest BCUT2D eigenvalue weighted by Crippen LogP contribution is 2.57. The first kappa shape index (κ1) is 31.5. The summed E-state index contributed by atoms with van der Waals surface area (Å²) < 4.78 is 4.54. The number of hydrogen-bond donors (Lipinski definition) is 2. The summed E-state index contributed by atoms with van der Waals surface area (Å²) in [6, 6.07) is 59.9. The summed E-state index contributed by atoms with van der Waals surface area (Å²) in [5, 5.41) is 25.9. The molecule has 2 N–H and O–H groups in total. The van der Waals surface area contributed by atoms with Gasteiger partial charge in [0.1, 0.15) is 11.5 Å². The number of rotatable bonds is 4. The summed E-state index contributed by atoms with van der Waals surface area (Å²) in [5.41, 5.74) is 15.5. The second-order valence-electron chi connectivity index (χ2n) is 15.0. The molecule has 1 aliphatic rings. The number of fused-ring (bicyclic) bond motifs is 9. The van der Waals surface area contributed by atoms with E-state index < -0.39 is 5.41 Å². The Bertz CT molecular complexity index is 2970. The number of aryl methyl sites for hydroxylation is 2. The van der Waals surface area contributed by atoms with Crippen LogP contribution < -0.4 is 0 Å². The van der Waals surface area contributed by atoms with Crippen LogP contribution in [0.3, 0.4) is 0 Å². The Kier molecular flexibility index (Phi) is 6.57. The van der Waals surface area contributed by atoms with Crippen molar-refractivity contribution >= 4 is 43.6 Å². The molecule has 8 aromatic carbocycles. The molecule has 2 heterocycles. The van der Waals surface area contributed by atoms with Gasteiger partial charge in [-0.3, -0.25) is 0 Å². The van der Waals surface area contributed by atoms with Gasteiger partial charge in [-0.25, -0.2) is 0 Å². The van der Waals surface area contributed by atoms with E-state index in [0.717, 1.165) is 44.5 Å². The molecule has 4 heteroatoms. The molecule has 55 heavy (non-hydrogen) atoms. The summed E-state index contributed by atoms with van der Waals surface area (Å²) in [4.78, 5) is 0. The minimum absolute atomic E-state index is 0.224. The van der Waals surface area contributed by atoms with Gasteiger partial charge in [0.25, 0.3) is 0 Å². The lowest BCUT2D eigenvalue weighted by atomic mass is 9.67. The number of aromatic hydroxyl groups is 2. The van der Waals surface area contributed by atoms with Crippen LogP contribution in [0.5, 0.6) is 11.5 Å². The molecular weight excluding hydrogens is 673 g/mol. The molecule has 0 atom stereocenters. The molecule has 262 valence electrons. The van der Waals surface area contributed by atoms with E-state index in [1.165, 1.54) is 54.7 Å². The Hall–Kier alpha value is -7.04. The SMILES string of the molecule is Cn1c2ccccc2c2cc(-c3ccc4c(c3)-c3cc(-c5ccc6c(c5)c5ccccc5n6C)ccc3C4(c3ccc(O)cc3)c3ccc(O)cc3)ccc21. The average molecular weight is 709 g/mol. The molecule has 0 fully saturated rings. The molecule has 10 aromatic rings. The minimum atomic E-state index is -0.692. The lowest BCUT2D eigenvalue weighted by Crippen LogP contribution is -2.28. The van der Waals surface area contributed by atoms with Crippen molar-refractivity contribution in [2.24, 2.45) is 14.1 Å². The van der Waals surface area contributed by atoms with Crippen LogP contribution in [0, 0.1) is 0 Å². The smallest absolute Gasteiger partial charge is 0.115 e. The van der Waals surface area contributed by atoms with Gasteiger partial charge in [0, 0.05) is 57.7 Å². The fourth-order valence-corrected chi connectivity index (χ4v) is 9.60. The van der Waals surface area contributed by atoms with Gasteiger partial charge in [-0.05, 0) is 128 Å². The fraction of sp³-hybridized carbons (Fsp3) is 0.0588. The van der Waals surface area contributed by atoms with Gasteiger partial charge in [-0.1, -0.05) is 97.1 Å². The maximum absolute atomic E-state index is 10.5. The van der Waals surface area contributed by atoms with Crippen molar-refractivity contribution in [3.8, 4) is 44.9 Å². The Morgan fingerprint density at radius 2 is 0.727 bits per heavy atom. The van der Waals surface area contributed by atoms with Crippen molar-refractivity contribution in [1.82, 2.24) is 9.13 Å². The minimum Gasteiger partial charge on any atom is -0.508 e. The van der Waals surface area contributed by atoms with E-state index in [9.17, 15) is 10.2 Å². The third-order valence-corrected chi connectivity index (χ3v) is 12.2. The third-order valence-electron chi connectivity index (χ3n) is 12.2. The van der Waals surface area contributed by atoms with Crippen LogP contribution in [0.25, 0.3) is 77.0 Å². The molecule has 11 rings (SSSR count). The first-order valence-electron chi connectivity index (χ1n) is 18.7. The van der Waals surface area contributed by atoms with Crippen molar-refractivity contribution in [2.75, 3.05) is 0 Å². The van der Waals surface area contributed by atoms with E-state index in [2.05, 4.69) is 145 Å². The lowest BCUT2D eigenvalue weighted by Gasteiger charge is -2.34. The van der Waals surface area contributed by atoms with Gasteiger partial charge in [-0.2, -0.15) is 0 Å². The van der Waals surface area contributed by atoms with E-state index in [4.69, 9.17) is 0 Å². The van der Waals surface area contributed by atoms with E-state index in [0.29, 0.717) is 0 Å². The number of aromatic nitrogens is 2. The van der Waals surface area contributed by atoms with E-state index in [1.807, 2.05) is 24.3 Å². The van der Waals surface area contributed by atoms with Gasteiger partial charge in [0.2, 0.25) is 0 Å². The molecular formula is C51H36N2O2. The fourth-order valence-electron chi connectivity index (χ4n) is 9.60. The maximum atomic E-state index is 10.5. The quantitative estimate of drug-likeness (QED) is 0.191. The van der Waals surface area contributed by atoms with E-state index >= 15 is 0 Å². The topological polar surface area (TPSA) is 50.3 Å². The number of nitrogens with zero attached hydrogens (tertiary/aromatic N) is 2. The van der Waals surface area contributed by atoms with Crippen molar-refractivity contribution in [3.63, 3.8) is 0 Å². The van der Waals surface area contributed by atoms with Gasteiger partial charge < -0.3 is 19.3 Å². The van der Waals surface area contributed by atoms with E-state index in [-0.39, 0.29) is 11.5 Å². The standard InChI is InChI=1S/C51H36N2O2/c1-52-47-9-5-3-7-39(47)43-29-33(13-25-49(43)52)31-11-23-45-41(27-31)42-28-32(34-14-26-50-44(30-34)40-8-4-6-10-48(40)53(50)2)12-24-46(42)51(45,35-15-19-37(54)20-16-35)36-17-21-38(55)22-18-36/h3-30,54-55H,1-2H3. The first-order chi connectivity index (χ1) is 26.9. The molecule has 0 radical (unpaired) electrons. The van der Waals surface area contributed by atoms with Crippen molar-refractivity contribution in [3.05, 3.63) is 192 Å². The molecule has 0 spiro atoms. The molecule has 0 bridgehead atoms. The van der Waals surface area contributed by atoms with Gasteiger partial charge in [0.05, 0.1) is 5.41 Å². The predicted molar refractivity (Wildman–Crippen MR) is 226 cm³/mol. The van der Waals surface area contributed by atoms with Crippen molar-refractivity contribution in [2.45, 2.75) is 5.41 Å². The molecule has 0 saturated carbocycles. The predicted octanol–water partition coefficient (Wildman–Crippen LogP) is 12.1. The van der Waals surface area contributed by atoms with Crippen LogP contribution >= 0.6 is 0 Å². The average Bonchev–Trinajstić information content (AvgIpc) is 3.80. The summed E-state index contributed by atoms with van der Waals surface area (Å²) in [6.07, 6.45) is 0. The zero-order valence-corrected chi connectivity index (χ0v) is 30.5. The first-order valence-corrected chi connectivity index (χ1v) is 18.7. The maximum Gasteiger partial charge on any atom is 0.115 e. The van der Waals surface area contributed by atoms with Crippen LogP contribution in [-0.2, 0) is 19.5 Å². The molecule has 2 aromatic heterocycles. The van der Waals surface area contributed by atoms with E-state index in [1.54, 1.807) is 24.3 Å². The lowest BCUT2D eigenvalue weighted by molar-refractivity contribution is 0.475. The summed E-state index contributed by atoms with van der Waals surface area (Å²) >= 11 is 0. The number of phenolic OH excluding ortho intramolecular Hbond substituents is 2. The Morgan fingerprint density at radius 3 is 1.16 bits per heavy atom. The second-order valence-corrected chi connectivity index (χ2v) is 15.0. The second kappa shape index (κ2) is 11.5. The van der Waals surface area contributed by atoms with Crippen LogP contribution in [0.15, 0.2) is 170 Å². The summed E-state index contributed by atoms with van der Waals surface area (Å²) in [5.74, 6) is 0.447. The van der Waals surface area contributed by atoms with Crippen molar-refractivity contribution < 1.29 is 10.2 Å². The highest BCUT2D eigenvalue weighted by Gasteiger charge is 2.46. The van der Waals surface area contributed by atoms with Crippen molar-refractivity contribution in [1.29, 1.82) is 0 Å². The Morgan fingerprint density at radius 1 is 0.364 bits per heavy atom. The summed E-state index contributed by atoms with van der Waals surface area (Å²) in [6.45, 7) is 0. The molecule has 0 amide bonds. The number of para-hydroxylation sites is 2. The number of benzene rings is 8. The van der Waals surface area contributed by atoms with Gasteiger partial charge >= 0.3 is 0 Å². The monoisotopic (exact) mass is 708 g/mol. The Balaban J connectivity index is 1.17. The van der Waals surface area contributed by atoms with Crippen LogP contribution in [0.2, 0.25) is 0 Å². The van der Waals surface area contributed by atoms with Crippen LogP contribution in [-0.4, -0.2) is 19.3 Å². The van der Waals surface area contributed by atoms with Gasteiger partial charge in [-0.15, -0.1) is 0 Å². The summed E-state index contributed by atoms with van der Waals surface area (Å²) in [7, 11) is 4.27. The highest BCUT2D eigenvalue weighted by atomic mass is 16.3. The van der Waals surface area contributed by atoms with Gasteiger partial charge in [0.15, 0.2) is 0 Å². The number of hydrogen-bond acceptors (Lipinski definition) is 2. The molecule has 1 aliphatic carbocycles. The molecule has 0 saturated heterocycles. The highest BCUT2D eigenvalue weighted by molar-refractivity contribution is 6.10. The zero-order chi connectivity index (χ0) is 37.0. The zero-order valence-electron chi connectivity index (χ0n) is 30.5. The number of phenols is 2. The molecule has 4 nitrogen and oxygen atoms in total. The molecule has 0 unspecified atom stereocenters. The molecule has 0 aliphatic heterocycles. The Labute approximate surface area is 318 Å². The third kappa shape index (κ3) is 4.40. The van der Waals surface area contributed by atoms with Crippen LogP contribution in [0.1, 0.15) is 22.3 Å². The van der Waals surface area contributed by atoms with Crippen LogP contribution in [0.4, 0.5) is 0 Å².